The van der Waals surface area contributed by atoms with E-state index in [2.05, 4.69) is 12.0 Å². The zero-order valence-corrected chi connectivity index (χ0v) is 18.6. The van der Waals surface area contributed by atoms with Gasteiger partial charge in [0.15, 0.2) is 14.9 Å². The third-order valence-electron chi connectivity index (χ3n) is 3.62. The number of nitrogens with zero attached hydrogens (tertiary/aromatic N) is 2. The van der Waals surface area contributed by atoms with Gasteiger partial charge in [0.1, 0.15) is 5.02 Å². The Kier molecular flexibility index (Phi) is 9.40. The van der Waals surface area contributed by atoms with E-state index in [1.807, 2.05) is 20.8 Å². The van der Waals surface area contributed by atoms with Gasteiger partial charge in [-0.1, -0.05) is 44.7 Å². The molecule has 0 aliphatic heterocycles. The lowest BCUT2D eigenvalue weighted by molar-refractivity contribution is 0.328. The maximum Gasteiger partial charge on any atom is 0.258 e. The van der Waals surface area contributed by atoms with Crippen LogP contribution in [0.4, 0.5) is 0 Å². The largest absolute Gasteiger partial charge is 0.422 e. The molecule has 0 bridgehead atoms. The summed E-state index contributed by atoms with van der Waals surface area (Å²) >= 11 is 11.8. The van der Waals surface area contributed by atoms with Crippen molar-refractivity contribution >= 4 is 39.7 Å². The Morgan fingerprint density at radius 3 is 2.40 bits per heavy atom. The molecule has 0 aromatic carbocycles. The van der Waals surface area contributed by atoms with Crippen LogP contribution in [0.2, 0.25) is 5.02 Å². The number of hydrogen-bond donors (Lipinski definition) is 0. The summed E-state index contributed by atoms with van der Waals surface area (Å²) in [6, 6.07) is 0. The normalized spacial score (nSPS) is 14.4. The quantitative estimate of drug-likeness (QED) is 0.355. The van der Waals surface area contributed by atoms with Gasteiger partial charge in [0, 0.05) is 12.7 Å². The van der Waals surface area contributed by atoms with E-state index in [0.717, 1.165) is 19.3 Å². The molecule has 1 aromatic heterocycles. The molecule has 0 saturated heterocycles. The molecule has 1 aromatic rings. The van der Waals surface area contributed by atoms with Gasteiger partial charge in [0.25, 0.3) is 5.88 Å². The molecule has 0 amide bonds. The number of sulfone groups is 1. The lowest BCUT2D eigenvalue weighted by Gasteiger charge is -2.19. The third-order valence-corrected chi connectivity index (χ3v) is 9.10. The van der Waals surface area contributed by atoms with Crippen molar-refractivity contribution in [3.05, 3.63) is 5.02 Å². The minimum Gasteiger partial charge on any atom is -0.422 e. The second-order valence-electron chi connectivity index (χ2n) is 5.56. The van der Waals surface area contributed by atoms with Crippen LogP contribution < -0.4 is 4.52 Å². The molecular formula is C15H28ClN2O4PS2. The van der Waals surface area contributed by atoms with Crippen LogP contribution in [0.1, 0.15) is 53.4 Å². The number of unbranched alkanes of at least 4 members (excludes halogenated alkanes) is 3. The van der Waals surface area contributed by atoms with Crippen LogP contribution >= 0.6 is 18.1 Å². The number of rotatable bonds is 12. The van der Waals surface area contributed by atoms with E-state index in [1.54, 1.807) is 0 Å². The Morgan fingerprint density at radius 2 is 1.88 bits per heavy atom. The first-order valence-corrected chi connectivity index (χ1v) is 13.5. The maximum atomic E-state index is 12.7. The lowest BCUT2D eigenvalue weighted by atomic mass is 10.2. The number of halogens is 1. The molecule has 25 heavy (non-hydrogen) atoms. The van der Waals surface area contributed by atoms with Crippen LogP contribution in [0.3, 0.4) is 0 Å². The molecule has 0 radical (unpaired) electrons. The van der Waals surface area contributed by atoms with Crippen molar-refractivity contribution in [1.29, 1.82) is 0 Å². The van der Waals surface area contributed by atoms with Crippen LogP contribution in [-0.2, 0) is 32.7 Å². The van der Waals surface area contributed by atoms with E-state index in [0.29, 0.717) is 25.7 Å². The van der Waals surface area contributed by atoms with Gasteiger partial charge in [-0.2, -0.15) is 0 Å². The van der Waals surface area contributed by atoms with Gasteiger partial charge in [0.05, 0.1) is 12.4 Å². The van der Waals surface area contributed by atoms with Crippen molar-refractivity contribution in [3.8, 4) is 5.88 Å². The van der Waals surface area contributed by atoms with Crippen LogP contribution in [0.25, 0.3) is 0 Å². The van der Waals surface area contributed by atoms with Gasteiger partial charge in [-0.15, -0.1) is 5.10 Å². The summed E-state index contributed by atoms with van der Waals surface area (Å²) in [5.74, 6) is 0.0971. The van der Waals surface area contributed by atoms with Crippen molar-refractivity contribution in [3.63, 3.8) is 0 Å². The second-order valence-corrected chi connectivity index (χ2v) is 11.9. The topological polar surface area (TPSA) is 70.4 Å². The van der Waals surface area contributed by atoms with Gasteiger partial charge in [0.2, 0.25) is 6.49 Å². The molecule has 0 fully saturated rings. The summed E-state index contributed by atoms with van der Waals surface area (Å²) in [5, 5.41) is 4.23. The minimum absolute atomic E-state index is 0.000260. The van der Waals surface area contributed by atoms with E-state index < -0.39 is 16.3 Å². The first-order valence-electron chi connectivity index (χ1n) is 8.66. The minimum atomic E-state index is -3.54. The monoisotopic (exact) mass is 430 g/mol. The third kappa shape index (κ3) is 6.21. The summed E-state index contributed by atoms with van der Waals surface area (Å²) in [6.45, 7) is 5.80. The molecule has 0 aliphatic rings. The fourth-order valence-electron chi connectivity index (χ4n) is 2.30. The fourth-order valence-corrected chi connectivity index (χ4v) is 6.19. The molecule has 10 heteroatoms. The van der Waals surface area contributed by atoms with Crippen LogP contribution in [0.5, 0.6) is 5.88 Å². The lowest BCUT2D eigenvalue weighted by Crippen LogP contribution is -2.13. The number of aryl methyl sites for hydroxylation is 1. The summed E-state index contributed by atoms with van der Waals surface area (Å²) in [7, 11) is -3.54. The zero-order chi connectivity index (χ0) is 19.1. The highest BCUT2D eigenvalue weighted by molar-refractivity contribution is 8.10. The molecule has 0 spiro atoms. The number of hydrogen-bond acceptors (Lipinski definition) is 6. The summed E-state index contributed by atoms with van der Waals surface area (Å²) in [5.41, 5.74) is 0. The fraction of sp³-hybridized carbons (Fsp3) is 0.800. The summed E-state index contributed by atoms with van der Waals surface area (Å²) in [4.78, 5) is 0. The summed E-state index contributed by atoms with van der Waals surface area (Å²) < 4.78 is 38.1. The molecule has 1 heterocycles. The molecule has 1 unspecified atom stereocenters. The summed E-state index contributed by atoms with van der Waals surface area (Å²) in [6.07, 6.45) is 4.04. The molecule has 0 N–H and O–H groups in total. The first-order chi connectivity index (χ1) is 11.7. The number of aromatic nitrogens is 2. The predicted octanol–water partition coefficient (Wildman–Crippen LogP) is 4.66. The van der Waals surface area contributed by atoms with Crippen LogP contribution in [-0.4, -0.2) is 36.7 Å². The Morgan fingerprint density at radius 1 is 1.20 bits per heavy atom. The molecule has 0 aliphatic carbocycles. The maximum absolute atomic E-state index is 12.7. The van der Waals surface area contributed by atoms with Crippen molar-refractivity contribution in [2.45, 2.75) is 64.9 Å². The standard InChI is InChI=1S/C15H28ClN2O4PS2/c1-5-9-10-11-12-25(19,20)15-13(16)14(17-18(15)6-2)22-23(24,8-4)21-7-3/h5-12H2,1-4H3. The average Bonchev–Trinajstić information content (AvgIpc) is 2.88. The van der Waals surface area contributed by atoms with E-state index in [9.17, 15) is 8.42 Å². The molecule has 6 nitrogen and oxygen atoms in total. The molecule has 0 saturated carbocycles. The van der Waals surface area contributed by atoms with Gasteiger partial charge in [-0.25, -0.2) is 13.1 Å². The Labute approximate surface area is 161 Å². The van der Waals surface area contributed by atoms with Gasteiger partial charge in [-0.3, -0.25) is 0 Å². The van der Waals surface area contributed by atoms with Crippen LogP contribution in [0.15, 0.2) is 5.03 Å². The smallest absolute Gasteiger partial charge is 0.258 e. The highest BCUT2D eigenvalue weighted by Gasteiger charge is 2.30. The van der Waals surface area contributed by atoms with Crippen LogP contribution in [0, 0.1) is 0 Å². The van der Waals surface area contributed by atoms with Crippen molar-refractivity contribution in [2.24, 2.45) is 0 Å². The second kappa shape index (κ2) is 10.3. The molecule has 1 rings (SSSR count). The predicted molar refractivity (Wildman–Crippen MR) is 106 cm³/mol. The van der Waals surface area contributed by atoms with Gasteiger partial charge in [-0.05, 0) is 32.1 Å². The van der Waals surface area contributed by atoms with Crippen molar-refractivity contribution in [1.82, 2.24) is 9.78 Å². The Bertz CT molecular complexity index is 707. The van der Waals surface area contributed by atoms with Crippen molar-refractivity contribution in [2.75, 3.05) is 18.5 Å². The zero-order valence-electron chi connectivity index (χ0n) is 15.3. The highest BCUT2D eigenvalue weighted by Crippen LogP contribution is 2.50. The molecular weight excluding hydrogens is 403 g/mol. The average molecular weight is 431 g/mol. The van der Waals surface area contributed by atoms with E-state index in [-0.39, 0.29) is 21.7 Å². The van der Waals surface area contributed by atoms with E-state index >= 15 is 0 Å². The molecule has 1 atom stereocenters. The Balaban J connectivity index is 3.13. The van der Waals surface area contributed by atoms with Gasteiger partial charge >= 0.3 is 0 Å². The van der Waals surface area contributed by atoms with Crippen molar-refractivity contribution < 1.29 is 17.5 Å². The van der Waals surface area contributed by atoms with Gasteiger partial charge < -0.3 is 9.05 Å². The SMILES string of the molecule is CCCCCCS(=O)(=O)c1c(Cl)c(OP(=S)(CC)OCC)nn1CC. The Hall–Kier alpha value is -0.140. The highest BCUT2D eigenvalue weighted by atomic mass is 35.5. The molecule has 146 valence electrons. The van der Waals surface area contributed by atoms with E-state index in [1.165, 1.54) is 4.68 Å². The first kappa shape index (κ1) is 22.9. The van der Waals surface area contributed by atoms with E-state index in [4.69, 9.17) is 32.5 Å².